The van der Waals surface area contributed by atoms with E-state index in [4.69, 9.17) is 0 Å². The molecule has 0 saturated carbocycles. The van der Waals surface area contributed by atoms with Crippen molar-refractivity contribution in [2.24, 2.45) is 0 Å². The summed E-state index contributed by atoms with van der Waals surface area (Å²) in [5.74, 6) is 0.191. The first-order valence-corrected chi connectivity index (χ1v) is 6.19. The number of carbonyl (C=O) groups excluding carboxylic acids is 1. The first-order chi connectivity index (χ1) is 8.86. The molecule has 0 amide bonds. The number of carbonyl (C=O) groups is 1. The Morgan fingerprint density at radius 2 is 1.50 bits per heavy atom. The van der Waals surface area contributed by atoms with E-state index in [0.29, 0.717) is 13.0 Å². The number of rotatable bonds is 6. The molecule has 0 atom stereocenters. The molecule has 1 N–H and O–H groups in total. The van der Waals surface area contributed by atoms with Gasteiger partial charge in [0.25, 0.3) is 0 Å². The summed E-state index contributed by atoms with van der Waals surface area (Å²) in [6, 6.07) is 19.6. The lowest BCUT2D eigenvalue weighted by Gasteiger charge is -2.04. The summed E-state index contributed by atoms with van der Waals surface area (Å²) in [7, 11) is 0. The van der Waals surface area contributed by atoms with Crippen LogP contribution in [0.5, 0.6) is 0 Å². The molecule has 2 heteroatoms. The van der Waals surface area contributed by atoms with E-state index < -0.39 is 0 Å². The molecule has 0 aliphatic carbocycles. The predicted molar refractivity (Wildman–Crippen MR) is 73.5 cm³/mol. The van der Waals surface area contributed by atoms with Crippen molar-refractivity contribution in [1.29, 1.82) is 0 Å². The number of Topliss-reactive ketones (excluding diaryl/α,β-unsaturated/α-hetero) is 1. The van der Waals surface area contributed by atoms with Crippen LogP contribution in [0.2, 0.25) is 0 Å². The third kappa shape index (κ3) is 3.82. The zero-order chi connectivity index (χ0) is 12.6. The Morgan fingerprint density at radius 1 is 0.889 bits per heavy atom. The summed E-state index contributed by atoms with van der Waals surface area (Å²) in [6.45, 7) is 1.52. The molecule has 0 heterocycles. The van der Waals surface area contributed by atoms with Crippen LogP contribution in [0.1, 0.15) is 22.3 Å². The fourth-order valence-electron chi connectivity index (χ4n) is 1.80. The van der Waals surface area contributed by atoms with E-state index in [-0.39, 0.29) is 5.78 Å². The van der Waals surface area contributed by atoms with Crippen LogP contribution in [0.3, 0.4) is 0 Å². The molecule has 0 spiro atoms. The molecule has 0 aromatic heterocycles. The monoisotopic (exact) mass is 239 g/mol. The van der Waals surface area contributed by atoms with Gasteiger partial charge in [0.1, 0.15) is 0 Å². The molecule has 0 radical (unpaired) electrons. The molecule has 92 valence electrons. The maximum atomic E-state index is 11.8. The minimum Gasteiger partial charge on any atom is -0.312 e. The molecule has 0 aliphatic rings. The van der Waals surface area contributed by atoms with Gasteiger partial charge >= 0.3 is 0 Å². The van der Waals surface area contributed by atoms with Gasteiger partial charge in [-0.15, -0.1) is 0 Å². The van der Waals surface area contributed by atoms with Gasteiger partial charge in [-0.3, -0.25) is 4.79 Å². The van der Waals surface area contributed by atoms with E-state index in [1.165, 1.54) is 5.56 Å². The van der Waals surface area contributed by atoms with Gasteiger partial charge in [0.15, 0.2) is 5.78 Å². The molecule has 0 aliphatic heterocycles. The first kappa shape index (κ1) is 12.5. The van der Waals surface area contributed by atoms with E-state index in [1.54, 1.807) is 0 Å². The van der Waals surface area contributed by atoms with Gasteiger partial charge in [-0.05, 0) is 5.56 Å². The normalized spacial score (nSPS) is 10.2. The summed E-state index contributed by atoms with van der Waals surface area (Å²) >= 11 is 0. The van der Waals surface area contributed by atoms with E-state index >= 15 is 0 Å². The highest BCUT2D eigenvalue weighted by Crippen LogP contribution is 2.02. The maximum Gasteiger partial charge on any atom is 0.164 e. The minimum atomic E-state index is 0.191. The molecule has 18 heavy (non-hydrogen) atoms. The summed E-state index contributed by atoms with van der Waals surface area (Å²) in [5, 5.41) is 3.28. The number of hydrogen-bond acceptors (Lipinski definition) is 2. The van der Waals surface area contributed by atoms with Crippen LogP contribution in [0.15, 0.2) is 60.7 Å². The highest BCUT2D eigenvalue weighted by atomic mass is 16.1. The SMILES string of the molecule is O=C(CCNCc1ccccc1)c1ccccc1. The smallest absolute Gasteiger partial charge is 0.164 e. The van der Waals surface area contributed by atoms with Crippen molar-refractivity contribution in [3.8, 4) is 0 Å². The third-order valence-corrected chi connectivity index (χ3v) is 2.80. The average Bonchev–Trinajstić information content (AvgIpc) is 2.45. The Morgan fingerprint density at radius 3 is 2.17 bits per heavy atom. The molecule has 2 nitrogen and oxygen atoms in total. The van der Waals surface area contributed by atoms with Crippen LogP contribution in [0.4, 0.5) is 0 Å². The van der Waals surface area contributed by atoms with Crippen molar-refractivity contribution >= 4 is 5.78 Å². The molecule has 2 aromatic rings. The van der Waals surface area contributed by atoms with E-state index in [1.807, 2.05) is 48.5 Å². The van der Waals surface area contributed by atoms with Gasteiger partial charge in [0.2, 0.25) is 0 Å². The van der Waals surface area contributed by atoms with Crippen molar-refractivity contribution in [2.75, 3.05) is 6.54 Å². The highest BCUT2D eigenvalue weighted by Gasteiger charge is 2.03. The topological polar surface area (TPSA) is 29.1 Å². The van der Waals surface area contributed by atoms with Crippen molar-refractivity contribution in [3.63, 3.8) is 0 Å². The molecule has 2 aromatic carbocycles. The quantitative estimate of drug-likeness (QED) is 0.620. The Kier molecular flexibility index (Phi) is 4.68. The van der Waals surface area contributed by atoms with Crippen molar-refractivity contribution in [1.82, 2.24) is 5.32 Å². The summed E-state index contributed by atoms with van der Waals surface area (Å²) in [6.07, 6.45) is 0.539. The zero-order valence-electron chi connectivity index (χ0n) is 10.3. The summed E-state index contributed by atoms with van der Waals surface area (Å²) in [5.41, 5.74) is 2.03. The Labute approximate surface area is 108 Å². The fraction of sp³-hybridized carbons (Fsp3) is 0.188. The van der Waals surface area contributed by atoms with Gasteiger partial charge in [0, 0.05) is 25.1 Å². The van der Waals surface area contributed by atoms with Crippen molar-refractivity contribution < 1.29 is 4.79 Å². The van der Waals surface area contributed by atoms with Crippen LogP contribution in [-0.4, -0.2) is 12.3 Å². The van der Waals surface area contributed by atoms with Crippen LogP contribution in [0, 0.1) is 0 Å². The lowest BCUT2D eigenvalue weighted by atomic mass is 10.1. The van der Waals surface area contributed by atoms with Gasteiger partial charge in [-0.1, -0.05) is 60.7 Å². The second kappa shape index (κ2) is 6.72. The van der Waals surface area contributed by atoms with E-state index in [9.17, 15) is 4.79 Å². The van der Waals surface area contributed by atoms with Crippen molar-refractivity contribution in [3.05, 3.63) is 71.8 Å². The average molecular weight is 239 g/mol. The summed E-state index contributed by atoms with van der Waals surface area (Å²) in [4.78, 5) is 11.8. The molecule has 0 fully saturated rings. The van der Waals surface area contributed by atoms with E-state index in [0.717, 1.165) is 12.1 Å². The zero-order valence-corrected chi connectivity index (χ0v) is 10.3. The second-order valence-corrected chi connectivity index (χ2v) is 4.20. The van der Waals surface area contributed by atoms with E-state index in [2.05, 4.69) is 17.4 Å². The summed E-state index contributed by atoms with van der Waals surface area (Å²) < 4.78 is 0. The van der Waals surface area contributed by atoms with Crippen molar-refractivity contribution in [2.45, 2.75) is 13.0 Å². The van der Waals surface area contributed by atoms with Gasteiger partial charge in [0.05, 0.1) is 0 Å². The molecule has 0 saturated heterocycles. The van der Waals surface area contributed by atoms with Gasteiger partial charge in [-0.25, -0.2) is 0 Å². The minimum absolute atomic E-state index is 0.191. The van der Waals surface area contributed by atoms with Gasteiger partial charge < -0.3 is 5.32 Å². The Hall–Kier alpha value is -1.93. The molecular weight excluding hydrogens is 222 g/mol. The number of benzene rings is 2. The van der Waals surface area contributed by atoms with Gasteiger partial charge in [-0.2, -0.15) is 0 Å². The fourth-order valence-corrected chi connectivity index (χ4v) is 1.80. The molecule has 0 unspecified atom stereocenters. The molecular formula is C16H17NO. The molecule has 0 bridgehead atoms. The van der Waals surface area contributed by atoms with Crippen LogP contribution in [-0.2, 0) is 6.54 Å². The largest absolute Gasteiger partial charge is 0.312 e. The maximum absolute atomic E-state index is 11.8. The lowest BCUT2D eigenvalue weighted by molar-refractivity contribution is 0.0982. The second-order valence-electron chi connectivity index (χ2n) is 4.20. The standard InChI is InChI=1S/C16H17NO/c18-16(15-9-5-2-6-10-15)11-12-17-13-14-7-3-1-4-8-14/h1-10,17H,11-13H2. The predicted octanol–water partition coefficient (Wildman–Crippen LogP) is 3.05. The number of nitrogens with one attached hydrogen (secondary N) is 1. The third-order valence-electron chi connectivity index (χ3n) is 2.80. The molecule has 2 rings (SSSR count). The Balaban J connectivity index is 1.72. The number of hydrogen-bond donors (Lipinski definition) is 1. The van der Waals surface area contributed by atoms with Crippen LogP contribution >= 0.6 is 0 Å². The highest BCUT2D eigenvalue weighted by molar-refractivity contribution is 5.96. The van der Waals surface area contributed by atoms with Crippen LogP contribution in [0.25, 0.3) is 0 Å². The number of ketones is 1. The van der Waals surface area contributed by atoms with Crippen LogP contribution < -0.4 is 5.32 Å². The Bertz CT molecular complexity index is 479. The lowest BCUT2D eigenvalue weighted by Crippen LogP contribution is -2.17. The first-order valence-electron chi connectivity index (χ1n) is 6.19.